The smallest absolute Gasteiger partial charge is 0.255 e. The maximum Gasteiger partial charge on any atom is 0.255 e. The number of aryl methyl sites for hydroxylation is 1. The Kier molecular flexibility index (Phi) is 4.82. The molecule has 0 saturated carbocycles. The van der Waals surface area contributed by atoms with Crippen molar-refractivity contribution in [1.82, 2.24) is 5.32 Å². The molecule has 0 aliphatic carbocycles. The number of hydrogen-bond acceptors (Lipinski definition) is 4. The minimum Gasteiger partial charge on any atom is -0.355 e. The number of nitrogens with one attached hydrogen (secondary N) is 2. The monoisotopic (exact) mass is 372 g/mol. The van der Waals surface area contributed by atoms with Crippen molar-refractivity contribution >= 4 is 27.3 Å². The summed E-state index contributed by atoms with van der Waals surface area (Å²) in [5.74, 6) is -0.159. The summed E-state index contributed by atoms with van der Waals surface area (Å²) in [7, 11) is -3.38. The Labute approximate surface area is 152 Å². The average molecular weight is 372 g/mol. The highest BCUT2D eigenvalue weighted by atomic mass is 32.2. The van der Waals surface area contributed by atoms with Gasteiger partial charge in [-0.05, 0) is 42.3 Å². The zero-order valence-electron chi connectivity index (χ0n) is 14.6. The molecule has 136 valence electrons. The van der Waals surface area contributed by atoms with Gasteiger partial charge in [0.2, 0.25) is 5.91 Å². The molecule has 1 unspecified atom stereocenters. The van der Waals surface area contributed by atoms with Crippen molar-refractivity contribution in [3.05, 3.63) is 59.2 Å². The van der Waals surface area contributed by atoms with E-state index in [0.29, 0.717) is 29.8 Å². The Morgan fingerprint density at radius 2 is 1.85 bits per heavy atom. The van der Waals surface area contributed by atoms with E-state index < -0.39 is 9.84 Å². The van der Waals surface area contributed by atoms with E-state index in [9.17, 15) is 18.0 Å². The van der Waals surface area contributed by atoms with Gasteiger partial charge in [0.05, 0.1) is 4.90 Å². The van der Waals surface area contributed by atoms with Crippen LogP contribution in [-0.2, 0) is 14.6 Å². The molecule has 2 aromatic carbocycles. The highest BCUT2D eigenvalue weighted by Gasteiger charge is 2.22. The maximum atomic E-state index is 12.5. The second-order valence-electron chi connectivity index (χ2n) is 6.53. The fourth-order valence-corrected chi connectivity index (χ4v) is 3.60. The summed E-state index contributed by atoms with van der Waals surface area (Å²) in [5.41, 5.74) is 2.67. The molecule has 0 bridgehead atoms. The van der Waals surface area contributed by atoms with Crippen molar-refractivity contribution in [2.45, 2.75) is 24.2 Å². The number of carbonyl (C=O) groups excluding carboxylic acids is 2. The lowest BCUT2D eigenvalue weighted by atomic mass is 9.98. The van der Waals surface area contributed by atoms with Gasteiger partial charge < -0.3 is 10.6 Å². The van der Waals surface area contributed by atoms with Crippen LogP contribution in [0.25, 0.3) is 0 Å². The molecule has 2 N–H and O–H groups in total. The summed E-state index contributed by atoms with van der Waals surface area (Å²) >= 11 is 0. The van der Waals surface area contributed by atoms with Crippen molar-refractivity contribution in [1.29, 1.82) is 0 Å². The molecule has 1 atom stereocenters. The molecule has 1 fully saturated rings. The highest BCUT2D eigenvalue weighted by molar-refractivity contribution is 7.90. The van der Waals surface area contributed by atoms with Gasteiger partial charge in [0.1, 0.15) is 0 Å². The van der Waals surface area contributed by atoms with Gasteiger partial charge >= 0.3 is 0 Å². The molecule has 2 amide bonds. The van der Waals surface area contributed by atoms with Gasteiger partial charge in [0.25, 0.3) is 5.91 Å². The minimum atomic E-state index is -3.38. The summed E-state index contributed by atoms with van der Waals surface area (Å²) in [6, 6.07) is 11.9. The maximum absolute atomic E-state index is 12.5. The fraction of sp³-hybridized carbons (Fsp3) is 0.263. The van der Waals surface area contributed by atoms with Crippen molar-refractivity contribution < 1.29 is 18.0 Å². The van der Waals surface area contributed by atoms with Crippen LogP contribution in [0.2, 0.25) is 0 Å². The van der Waals surface area contributed by atoms with Gasteiger partial charge in [-0.25, -0.2) is 8.42 Å². The number of carbonyl (C=O) groups is 2. The standard InChI is InChI=1S/C19H20N2O4S/c1-12-3-8-16(26(2,24)25)10-17(12)19(23)21-15-6-4-13(5-7-15)14-9-18(22)20-11-14/h3-8,10,14H,9,11H2,1-2H3,(H,20,22)(H,21,23). The Hall–Kier alpha value is -2.67. The van der Waals surface area contributed by atoms with E-state index in [1.54, 1.807) is 25.1 Å². The first-order chi connectivity index (χ1) is 12.2. The third-order valence-electron chi connectivity index (χ3n) is 4.50. The van der Waals surface area contributed by atoms with E-state index >= 15 is 0 Å². The first-order valence-electron chi connectivity index (χ1n) is 8.23. The zero-order chi connectivity index (χ0) is 18.9. The highest BCUT2D eigenvalue weighted by Crippen LogP contribution is 2.24. The molecule has 0 spiro atoms. The molecule has 26 heavy (non-hydrogen) atoms. The first kappa shape index (κ1) is 18.1. The van der Waals surface area contributed by atoms with Crippen LogP contribution in [0, 0.1) is 6.92 Å². The molecule has 2 aromatic rings. The van der Waals surface area contributed by atoms with Gasteiger partial charge in [-0.2, -0.15) is 0 Å². The van der Waals surface area contributed by atoms with Crippen molar-refractivity contribution in [2.75, 3.05) is 18.1 Å². The number of hydrogen-bond donors (Lipinski definition) is 2. The molecule has 0 radical (unpaired) electrons. The van der Waals surface area contributed by atoms with Crippen molar-refractivity contribution in [2.24, 2.45) is 0 Å². The third-order valence-corrected chi connectivity index (χ3v) is 5.61. The largest absolute Gasteiger partial charge is 0.355 e. The topological polar surface area (TPSA) is 92.3 Å². The Bertz CT molecular complexity index is 966. The molecule has 7 heteroatoms. The molecule has 0 aromatic heterocycles. The molecule has 1 heterocycles. The molecular weight excluding hydrogens is 352 g/mol. The van der Waals surface area contributed by atoms with Gasteiger partial charge in [-0.3, -0.25) is 9.59 Å². The van der Waals surface area contributed by atoms with Crippen LogP contribution in [0.15, 0.2) is 47.4 Å². The van der Waals surface area contributed by atoms with Crippen LogP contribution in [0.5, 0.6) is 0 Å². The lowest BCUT2D eigenvalue weighted by Gasteiger charge is -2.11. The van der Waals surface area contributed by atoms with Crippen molar-refractivity contribution in [3.8, 4) is 0 Å². The van der Waals surface area contributed by atoms with Gasteiger partial charge in [0.15, 0.2) is 9.84 Å². The lowest BCUT2D eigenvalue weighted by molar-refractivity contribution is -0.119. The first-order valence-corrected chi connectivity index (χ1v) is 10.1. The number of amides is 2. The third kappa shape index (κ3) is 3.94. The van der Waals surface area contributed by atoms with E-state index in [1.807, 2.05) is 12.1 Å². The van der Waals surface area contributed by atoms with E-state index in [1.165, 1.54) is 12.1 Å². The Morgan fingerprint density at radius 1 is 1.15 bits per heavy atom. The van der Waals surface area contributed by atoms with Crippen LogP contribution in [-0.4, -0.2) is 33.0 Å². The van der Waals surface area contributed by atoms with Gasteiger partial charge in [0, 0.05) is 36.4 Å². The van der Waals surface area contributed by atoms with Crippen LogP contribution < -0.4 is 10.6 Å². The van der Waals surface area contributed by atoms with Crippen LogP contribution in [0.3, 0.4) is 0 Å². The molecule has 1 saturated heterocycles. The van der Waals surface area contributed by atoms with E-state index in [-0.39, 0.29) is 22.6 Å². The van der Waals surface area contributed by atoms with E-state index in [2.05, 4.69) is 10.6 Å². The SMILES string of the molecule is Cc1ccc(S(C)(=O)=O)cc1C(=O)Nc1ccc(C2CNC(=O)C2)cc1. The summed E-state index contributed by atoms with van der Waals surface area (Å²) < 4.78 is 23.4. The van der Waals surface area contributed by atoms with Crippen LogP contribution >= 0.6 is 0 Å². The molecule has 3 rings (SSSR count). The zero-order valence-corrected chi connectivity index (χ0v) is 15.4. The fourth-order valence-electron chi connectivity index (χ4n) is 2.95. The van der Waals surface area contributed by atoms with E-state index in [4.69, 9.17) is 0 Å². The second kappa shape index (κ2) is 6.92. The summed E-state index contributed by atoms with van der Waals surface area (Å²) in [6.07, 6.45) is 1.59. The Balaban J connectivity index is 1.77. The predicted molar refractivity (Wildman–Crippen MR) is 99.1 cm³/mol. The van der Waals surface area contributed by atoms with Crippen LogP contribution in [0.1, 0.15) is 33.8 Å². The van der Waals surface area contributed by atoms with Gasteiger partial charge in [-0.1, -0.05) is 18.2 Å². The molecule has 1 aliphatic heterocycles. The summed E-state index contributed by atoms with van der Waals surface area (Å²) in [4.78, 5) is 24.0. The number of benzene rings is 2. The Morgan fingerprint density at radius 3 is 2.42 bits per heavy atom. The summed E-state index contributed by atoms with van der Waals surface area (Å²) in [5, 5.41) is 5.59. The molecule has 1 aliphatic rings. The lowest BCUT2D eigenvalue weighted by Crippen LogP contribution is -2.14. The normalized spacial score (nSPS) is 17.0. The van der Waals surface area contributed by atoms with Crippen LogP contribution in [0.4, 0.5) is 5.69 Å². The quantitative estimate of drug-likeness (QED) is 0.861. The average Bonchev–Trinajstić information content (AvgIpc) is 3.01. The van der Waals surface area contributed by atoms with Crippen molar-refractivity contribution in [3.63, 3.8) is 0 Å². The summed E-state index contributed by atoms with van der Waals surface area (Å²) in [6.45, 7) is 2.39. The number of anilines is 1. The predicted octanol–water partition coefficient (Wildman–Crippen LogP) is 2.25. The second-order valence-corrected chi connectivity index (χ2v) is 8.55. The number of sulfone groups is 1. The van der Waals surface area contributed by atoms with E-state index in [0.717, 1.165) is 11.8 Å². The van der Waals surface area contributed by atoms with Gasteiger partial charge in [-0.15, -0.1) is 0 Å². The molecule has 6 nitrogen and oxygen atoms in total. The minimum absolute atomic E-state index is 0.0496. The molecular formula is C19H20N2O4S. The number of rotatable bonds is 4.